The van der Waals surface area contributed by atoms with Gasteiger partial charge < -0.3 is 25.4 Å². The van der Waals surface area contributed by atoms with Crippen molar-refractivity contribution in [1.29, 1.82) is 0 Å². The fraction of sp³-hybridized carbons (Fsp3) is 0.125. The number of aryl methyl sites for hydroxylation is 1. The zero-order valence-electron chi connectivity index (χ0n) is 24.0. The van der Waals surface area contributed by atoms with E-state index in [-0.39, 0.29) is 10.7 Å². The monoisotopic (exact) mass is 611 g/mol. The summed E-state index contributed by atoms with van der Waals surface area (Å²) in [5, 5.41) is 11.5. The lowest BCUT2D eigenvalue weighted by Gasteiger charge is -2.15. The Labute approximate surface area is 256 Å². The molecule has 3 heterocycles. The third-order valence-electron chi connectivity index (χ3n) is 7.23. The molecule has 0 aliphatic rings. The van der Waals surface area contributed by atoms with Gasteiger partial charge in [0.25, 0.3) is 0 Å². The molecule has 0 radical (unpaired) electrons. The molecule has 0 spiro atoms. The number of hydrogen-bond donors (Lipinski definition) is 3. The van der Waals surface area contributed by atoms with Crippen molar-refractivity contribution in [3.05, 3.63) is 101 Å². The molecule has 0 aliphatic heterocycles. The number of nitrogens with one attached hydrogen (secondary N) is 3. The number of ether oxygens (including phenoxy) is 2. The van der Waals surface area contributed by atoms with Gasteiger partial charge in [0.1, 0.15) is 29.5 Å². The van der Waals surface area contributed by atoms with Crippen molar-refractivity contribution in [1.82, 2.24) is 19.5 Å². The van der Waals surface area contributed by atoms with E-state index < -0.39 is 11.8 Å². The molecule has 3 aromatic heterocycles. The standard InChI is InChI=1S/C32H27ClFN7O3/c1-18-7-10-22-21(11-13-35-30(22)39-25-6-4-5-24(33)27(25)34)28(18)40-32(42)41-14-12-23-29(37-17-38-31(23)41)36-16-19-8-9-20(43-2)15-26(19)44-3/h4-15,17H,16H2,1-3H3,(H,35,39)(H,40,42)(H,36,37,38). The predicted octanol–water partition coefficient (Wildman–Crippen LogP) is 7.53. The lowest BCUT2D eigenvalue weighted by molar-refractivity contribution is 0.254. The van der Waals surface area contributed by atoms with Gasteiger partial charge in [0.15, 0.2) is 11.5 Å². The molecular formula is C32H27ClFN7O3. The van der Waals surface area contributed by atoms with E-state index in [1.807, 2.05) is 37.3 Å². The van der Waals surface area contributed by atoms with Crippen LogP contribution in [0.1, 0.15) is 11.1 Å². The first kappa shape index (κ1) is 28.7. The summed E-state index contributed by atoms with van der Waals surface area (Å²) in [4.78, 5) is 26.8. The quantitative estimate of drug-likeness (QED) is 0.162. The number of anilines is 4. The third-order valence-corrected chi connectivity index (χ3v) is 7.52. The van der Waals surface area contributed by atoms with Gasteiger partial charge in [-0.15, -0.1) is 0 Å². The topological polar surface area (TPSA) is 115 Å². The lowest BCUT2D eigenvalue weighted by atomic mass is 10.1. The molecule has 222 valence electrons. The van der Waals surface area contributed by atoms with Crippen molar-refractivity contribution in [2.75, 3.05) is 30.2 Å². The molecule has 0 saturated heterocycles. The maximum absolute atomic E-state index is 14.6. The Hall–Kier alpha value is -5.42. The molecule has 0 atom stereocenters. The van der Waals surface area contributed by atoms with Crippen LogP contribution in [0.25, 0.3) is 21.8 Å². The predicted molar refractivity (Wildman–Crippen MR) is 170 cm³/mol. The van der Waals surface area contributed by atoms with Crippen LogP contribution in [0.5, 0.6) is 11.5 Å². The Morgan fingerprint density at radius 2 is 1.82 bits per heavy atom. The highest BCUT2D eigenvalue weighted by molar-refractivity contribution is 6.31. The number of pyridine rings is 1. The maximum Gasteiger partial charge on any atom is 0.331 e. The summed E-state index contributed by atoms with van der Waals surface area (Å²) in [5.74, 6) is 1.78. The molecule has 6 aromatic rings. The summed E-state index contributed by atoms with van der Waals surface area (Å²) in [6, 6.07) is 17.2. The van der Waals surface area contributed by atoms with Crippen LogP contribution in [0, 0.1) is 12.7 Å². The van der Waals surface area contributed by atoms with Gasteiger partial charge in [-0.3, -0.25) is 4.57 Å². The Kier molecular flexibility index (Phi) is 7.86. The van der Waals surface area contributed by atoms with Gasteiger partial charge in [-0.2, -0.15) is 0 Å². The van der Waals surface area contributed by atoms with Crippen LogP contribution < -0.4 is 25.4 Å². The number of halogens is 2. The van der Waals surface area contributed by atoms with Crippen LogP contribution >= 0.6 is 11.6 Å². The number of hydrogen-bond acceptors (Lipinski definition) is 8. The first-order valence-corrected chi connectivity index (χ1v) is 13.9. The molecule has 12 heteroatoms. The Morgan fingerprint density at radius 3 is 2.64 bits per heavy atom. The molecule has 0 fully saturated rings. The van der Waals surface area contributed by atoms with Crippen molar-refractivity contribution >= 4 is 62.4 Å². The van der Waals surface area contributed by atoms with Crippen LogP contribution in [0.15, 0.2) is 79.4 Å². The van der Waals surface area contributed by atoms with Gasteiger partial charge in [0, 0.05) is 41.3 Å². The molecule has 44 heavy (non-hydrogen) atoms. The lowest BCUT2D eigenvalue weighted by Crippen LogP contribution is -2.20. The highest BCUT2D eigenvalue weighted by Gasteiger charge is 2.18. The van der Waals surface area contributed by atoms with Crippen LogP contribution in [0.4, 0.5) is 32.2 Å². The summed E-state index contributed by atoms with van der Waals surface area (Å²) >= 11 is 5.96. The van der Waals surface area contributed by atoms with Crippen LogP contribution in [0.2, 0.25) is 5.02 Å². The van der Waals surface area contributed by atoms with Crippen molar-refractivity contribution in [2.45, 2.75) is 13.5 Å². The number of carbonyl (C=O) groups is 1. The molecule has 10 nitrogen and oxygen atoms in total. The zero-order valence-corrected chi connectivity index (χ0v) is 24.7. The zero-order chi connectivity index (χ0) is 30.8. The summed E-state index contributed by atoms with van der Waals surface area (Å²) < 4.78 is 26.8. The second kappa shape index (κ2) is 12.1. The average Bonchev–Trinajstić information content (AvgIpc) is 3.48. The molecule has 0 aliphatic carbocycles. The third kappa shape index (κ3) is 5.40. The number of rotatable bonds is 8. The number of fused-ring (bicyclic) bond motifs is 2. The molecule has 3 aromatic carbocycles. The summed E-state index contributed by atoms with van der Waals surface area (Å²) in [6.07, 6.45) is 4.64. The molecule has 0 bridgehead atoms. The van der Waals surface area contributed by atoms with Gasteiger partial charge in [0.05, 0.1) is 36.0 Å². The second-order valence-electron chi connectivity index (χ2n) is 9.85. The number of carbonyl (C=O) groups excluding carboxylic acids is 1. The van der Waals surface area contributed by atoms with E-state index in [0.29, 0.717) is 51.8 Å². The highest BCUT2D eigenvalue weighted by atomic mass is 35.5. The van der Waals surface area contributed by atoms with Crippen LogP contribution in [0.3, 0.4) is 0 Å². The van der Waals surface area contributed by atoms with Gasteiger partial charge >= 0.3 is 6.03 Å². The smallest absolute Gasteiger partial charge is 0.331 e. The Morgan fingerprint density at radius 1 is 0.955 bits per heavy atom. The van der Waals surface area contributed by atoms with E-state index in [9.17, 15) is 9.18 Å². The van der Waals surface area contributed by atoms with Gasteiger partial charge in [-0.05, 0) is 48.9 Å². The first-order chi connectivity index (χ1) is 21.4. The van der Waals surface area contributed by atoms with Crippen molar-refractivity contribution in [3.8, 4) is 11.5 Å². The maximum atomic E-state index is 14.6. The van der Waals surface area contributed by atoms with Crippen LogP contribution in [-0.4, -0.2) is 39.8 Å². The van der Waals surface area contributed by atoms with E-state index in [4.69, 9.17) is 21.1 Å². The minimum atomic E-state index is -0.577. The fourth-order valence-electron chi connectivity index (χ4n) is 4.96. The van der Waals surface area contributed by atoms with Crippen LogP contribution in [-0.2, 0) is 6.54 Å². The summed E-state index contributed by atoms with van der Waals surface area (Å²) in [7, 11) is 3.20. The second-order valence-corrected chi connectivity index (χ2v) is 10.3. The van der Waals surface area contributed by atoms with E-state index in [1.165, 1.54) is 17.0 Å². The number of benzene rings is 3. The van der Waals surface area contributed by atoms with Gasteiger partial charge in [0.2, 0.25) is 0 Å². The van der Waals surface area contributed by atoms with E-state index in [1.54, 1.807) is 50.9 Å². The number of nitrogens with zero attached hydrogens (tertiary/aromatic N) is 4. The largest absolute Gasteiger partial charge is 0.497 e. The van der Waals surface area contributed by atoms with E-state index in [2.05, 4.69) is 30.9 Å². The SMILES string of the molecule is COc1ccc(CNc2ncnc3c2ccn3C(=O)Nc2c(C)ccc3c(Nc4cccc(Cl)c4F)nccc23)c(OC)c1. The minimum absolute atomic E-state index is 0.000563. The first-order valence-electron chi connectivity index (χ1n) is 13.6. The van der Waals surface area contributed by atoms with Crippen molar-refractivity contribution in [2.24, 2.45) is 0 Å². The average molecular weight is 612 g/mol. The molecular weight excluding hydrogens is 585 g/mol. The number of methoxy groups -OCH3 is 2. The molecule has 3 N–H and O–H groups in total. The normalized spacial score (nSPS) is 11.0. The Balaban J connectivity index is 1.27. The highest BCUT2D eigenvalue weighted by Crippen LogP contribution is 2.34. The van der Waals surface area contributed by atoms with Gasteiger partial charge in [-0.1, -0.05) is 29.8 Å². The summed E-state index contributed by atoms with van der Waals surface area (Å²) in [6.45, 7) is 2.32. The molecule has 0 unspecified atom stereocenters. The molecule has 0 saturated carbocycles. The molecule has 6 rings (SSSR count). The van der Waals surface area contributed by atoms with E-state index >= 15 is 0 Å². The fourth-order valence-corrected chi connectivity index (χ4v) is 5.13. The van der Waals surface area contributed by atoms with Crippen molar-refractivity contribution < 1.29 is 18.7 Å². The Bertz CT molecular complexity index is 2030. The van der Waals surface area contributed by atoms with Gasteiger partial charge in [-0.25, -0.2) is 24.1 Å². The minimum Gasteiger partial charge on any atom is -0.497 e. The van der Waals surface area contributed by atoms with Crippen molar-refractivity contribution in [3.63, 3.8) is 0 Å². The number of aromatic nitrogens is 4. The molecule has 1 amide bonds. The van der Waals surface area contributed by atoms with E-state index in [0.717, 1.165) is 16.5 Å². The number of amides is 1. The summed E-state index contributed by atoms with van der Waals surface area (Å²) in [5.41, 5.74) is 2.95.